The average Bonchev–Trinajstić information content (AvgIpc) is 2.73. The molecule has 0 aromatic heterocycles. The standard InChI is InChI=1S/C22H22N2O2/c1-25-22-11-6-17-4-2-3-5-20(17)21(22)16-23-18-7-9-19(10-8-18)24-12-14-26-15-13-24/h2-11,16H,12-15H2,1H3. The maximum absolute atomic E-state index is 5.53. The van der Waals surface area contributed by atoms with Crippen LogP contribution in [0.2, 0.25) is 0 Å². The fourth-order valence-corrected chi connectivity index (χ4v) is 3.30. The number of benzene rings is 3. The second kappa shape index (κ2) is 7.58. The van der Waals surface area contributed by atoms with E-state index < -0.39 is 0 Å². The fraction of sp³-hybridized carbons (Fsp3) is 0.227. The predicted molar refractivity (Wildman–Crippen MR) is 107 cm³/mol. The topological polar surface area (TPSA) is 34.1 Å². The van der Waals surface area contributed by atoms with Crippen LogP contribution >= 0.6 is 0 Å². The van der Waals surface area contributed by atoms with Gasteiger partial charge in [0.15, 0.2) is 0 Å². The van der Waals surface area contributed by atoms with Crippen LogP contribution in [0.1, 0.15) is 5.56 Å². The highest BCUT2D eigenvalue weighted by atomic mass is 16.5. The molecule has 0 unspecified atom stereocenters. The van der Waals surface area contributed by atoms with E-state index in [4.69, 9.17) is 9.47 Å². The number of hydrogen-bond acceptors (Lipinski definition) is 4. The summed E-state index contributed by atoms with van der Waals surface area (Å²) in [5.74, 6) is 0.831. The predicted octanol–water partition coefficient (Wildman–Crippen LogP) is 4.44. The molecular weight excluding hydrogens is 324 g/mol. The molecule has 1 heterocycles. The minimum absolute atomic E-state index is 0.792. The summed E-state index contributed by atoms with van der Waals surface area (Å²) in [6, 6.07) is 20.7. The lowest BCUT2D eigenvalue weighted by Crippen LogP contribution is -2.36. The molecular formula is C22H22N2O2. The first-order valence-corrected chi connectivity index (χ1v) is 8.88. The second-order valence-electron chi connectivity index (χ2n) is 6.28. The molecule has 0 aliphatic carbocycles. The molecule has 1 fully saturated rings. The van der Waals surface area contributed by atoms with E-state index in [0.717, 1.165) is 48.7 Å². The van der Waals surface area contributed by atoms with Gasteiger partial charge in [0.1, 0.15) is 5.75 Å². The van der Waals surface area contributed by atoms with Gasteiger partial charge in [-0.1, -0.05) is 30.3 Å². The minimum Gasteiger partial charge on any atom is -0.496 e. The zero-order chi connectivity index (χ0) is 17.8. The van der Waals surface area contributed by atoms with Gasteiger partial charge in [-0.15, -0.1) is 0 Å². The van der Waals surface area contributed by atoms with Crippen LogP contribution in [-0.4, -0.2) is 39.6 Å². The summed E-state index contributed by atoms with van der Waals surface area (Å²) in [7, 11) is 1.69. The van der Waals surface area contributed by atoms with Gasteiger partial charge in [-0.3, -0.25) is 4.99 Å². The van der Waals surface area contributed by atoms with Gasteiger partial charge >= 0.3 is 0 Å². The molecule has 1 saturated heterocycles. The van der Waals surface area contributed by atoms with E-state index in [2.05, 4.69) is 52.4 Å². The number of aliphatic imine (C=N–C) groups is 1. The molecule has 0 spiro atoms. The lowest BCUT2D eigenvalue weighted by molar-refractivity contribution is 0.122. The summed E-state index contributed by atoms with van der Waals surface area (Å²) in [6.45, 7) is 3.47. The number of fused-ring (bicyclic) bond motifs is 1. The zero-order valence-electron chi connectivity index (χ0n) is 14.9. The molecule has 0 amide bonds. The van der Waals surface area contributed by atoms with Gasteiger partial charge < -0.3 is 14.4 Å². The third-order valence-electron chi connectivity index (χ3n) is 4.72. The maximum Gasteiger partial charge on any atom is 0.128 e. The van der Waals surface area contributed by atoms with Crippen molar-refractivity contribution in [3.63, 3.8) is 0 Å². The number of ether oxygens (including phenoxy) is 2. The Bertz CT molecular complexity index is 913. The van der Waals surface area contributed by atoms with Gasteiger partial charge in [0.05, 0.1) is 26.0 Å². The van der Waals surface area contributed by atoms with Crippen molar-refractivity contribution in [1.82, 2.24) is 0 Å². The molecule has 26 heavy (non-hydrogen) atoms. The molecule has 0 saturated carbocycles. The van der Waals surface area contributed by atoms with E-state index in [-0.39, 0.29) is 0 Å². The van der Waals surface area contributed by atoms with Crippen molar-refractivity contribution in [1.29, 1.82) is 0 Å². The fourth-order valence-electron chi connectivity index (χ4n) is 3.30. The molecule has 3 aromatic carbocycles. The summed E-state index contributed by atoms with van der Waals surface area (Å²) in [5.41, 5.74) is 3.15. The third kappa shape index (κ3) is 3.41. The maximum atomic E-state index is 5.53. The monoisotopic (exact) mass is 346 g/mol. The quantitative estimate of drug-likeness (QED) is 0.655. The largest absolute Gasteiger partial charge is 0.496 e. The first-order valence-electron chi connectivity index (χ1n) is 8.88. The van der Waals surface area contributed by atoms with Gasteiger partial charge in [0.2, 0.25) is 0 Å². The Morgan fingerprint density at radius 3 is 2.50 bits per heavy atom. The van der Waals surface area contributed by atoms with Gasteiger partial charge in [-0.25, -0.2) is 0 Å². The van der Waals surface area contributed by atoms with Crippen LogP contribution in [0.3, 0.4) is 0 Å². The van der Waals surface area contributed by atoms with Gasteiger partial charge in [0, 0.05) is 30.6 Å². The number of rotatable bonds is 4. The highest BCUT2D eigenvalue weighted by Gasteiger charge is 2.10. The number of methoxy groups -OCH3 is 1. The third-order valence-corrected chi connectivity index (χ3v) is 4.72. The molecule has 4 nitrogen and oxygen atoms in total. The molecule has 4 heteroatoms. The van der Waals surface area contributed by atoms with Crippen LogP contribution in [0.25, 0.3) is 10.8 Å². The van der Waals surface area contributed by atoms with Crippen LogP contribution in [0, 0.1) is 0 Å². The van der Waals surface area contributed by atoms with E-state index in [1.165, 1.54) is 11.1 Å². The molecule has 0 radical (unpaired) electrons. The second-order valence-corrected chi connectivity index (χ2v) is 6.28. The van der Waals surface area contributed by atoms with Crippen molar-refractivity contribution >= 4 is 28.4 Å². The molecule has 0 atom stereocenters. The Hall–Kier alpha value is -2.85. The summed E-state index contributed by atoms with van der Waals surface area (Å²) < 4.78 is 10.9. The Labute approximate surface area is 153 Å². The van der Waals surface area contributed by atoms with Crippen LogP contribution in [0.15, 0.2) is 65.7 Å². The van der Waals surface area contributed by atoms with Gasteiger partial charge in [-0.2, -0.15) is 0 Å². The lowest BCUT2D eigenvalue weighted by Gasteiger charge is -2.28. The van der Waals surface area contributed by atoms with Crippen molar-refractivity contribution in [2.45, 2.75) is 0 Å². The molecule has 132 valence electrons. The Balaban J connectivity index is 1.61. The summed E-state index contributed by atoms with van der Waals surface area (Å²) in [6.07, 6.45) is 1.89. The molecule has 0 bridgehead atoms. The van der Waals surface area contributed by atoms with Gasteiger partial charge in [0.25, 0.3) is 0 Å². The zero-order valence-corrected chi connectivity index (χ0v) is 14.9. The SMILES string of the molecule is COc1ccc2ccccc2c1C=Nc1ccc(N2CCOCC2)cc1. The van der Waals surface area contributed by atoms with Crippen molar-refractivity contribution in [2.75, 3.05) is 38.3 Å². The van der Waals surface area contributed by atoms with Crippen molar-refractivity contribution < 1.29 is 9.47 Å². The number of morpholine rings is 1. The summed E-state index contributed by atoms with van der Waals surface area (Å²) >= 11 is 0. The van der Waals surface area contributed by atoms with E-state index in [1.807, 2.05) is 24.4 Å². The molecule has 1 aliphatic heterocycles. The van der Waals surface area contributed by atoms with E-state index in [0.29, 0.717) is 0 Å². The van der Waals surface area contributed by atoms with Crippen molar-refractivity contribution in [2.24, 2.45) is 4.99 Å². The van der Waals surface area contributed by atoms with Crippen LogP contribution < -0.4 is 9.64 Å². The molecule has 1 aliphatic rings. The Morgan fingerprint density at radius 1 is 0.962 bits per heavy atom. The first kappa shape index (κ1) is 16.6. The average molecular weight is 346 g/mol. The number of nitrogens with zero attached hydrogens (tertiary/aromatic N) is 2. The normalized spacial score (nSPS) is 14.9. The molecule has 4 rings (SSSR count). The highest BCUT2D eigenvalue weighted by Crippen LogP contribution is 2.27. The number of anilines is 1. The lowest BCUT2D eigenvalue weighted by atomic mass is 10.0. The molecule has 0 N–H and O–H groups in total. The Kier molecular flexibility index (Phi) is 4.84. The minimum atomic E-state index is 0.792. The van der Waals surface area contributed by atoms with E-state index >= 15 is 0 Å². The van der Waals surface area contributed by atoms with E-state index in [1.54, 1.807) is 7.11 Å². The summed E-state index contributed by atoms with van der Waals surface area (Å²) in [4.78, 5) is 7.01. The van der Waals surface area contributed by atoms with Gasteiger partial charge in [-0.05, 0) is 41.1 Å². The smallest absolute Gasteiger partial charge is 0.128 e. The van der Waals surface area contributed by atoms with Crippen LogP contribution in [-0.2, 0) is 4.74 Å². The highest BCUT2D eigenvalue weighted by molar-refractivity contribution is 6.03. The summed E-state index contributed by atoms with van der Waals surface area (Å²) in [5, 5.41) is 2.32. The van der Waals surface area contributed by atoms with Crippen LogP contribution in [0.5, 0.6) is 5.75 Å². The van der Waals surface area contributed by atoms with E-state index in [9.17, 15) is 0 Å². The first-order chi connectivity index (χ1) is 12.8. The Morgan fingerprint density at radius 2 is 1.73 bits per heavy atom. The molecule has 3 aromatic rings. The number of hydrogen-bond donors (Lipinski definition) is 0. The van der Waals surface area contributed by atoms with Crippen LogP contribution in [0.4, 0.5) is 11.4 Å². The van der Waals surface area contributed by atoms with Crippen molar-refractivity contribution in [3.05, 3.63) is 66.2 Å². The van der Waals surface area contributed by atoms with Crippen molar-refractivity contribution in [3.8, 4) is 5.75 Å².